The molecule has 0 fully saturated rings. The highest BCUT2D eigenvalue weighted by Crippen LogP contribution is 2.26. The SMILES string of the molecule is CCc1nn(C)cc1S(=O)(=O)Nc1nc2ccccc2n1C(C)C. The molecule has 3 rings (SSSR count). The second kappa shape index (κ2) is 5.94. The van der Waals surface area contributed by atoms with Crippen molar-refractivity contribution in [3.63, 3.8) is 0 Å². The normalized spacial score (nSPS) is 12.2. The third kappa shape index (κ3) is 2.77. The van der Waals surface area contributed by atoms with E-state index in [2.05, 4.69) is 14.8 Å². The van der Waals surface area contributed by atoms with Crippen LogP contribution < -0.4 is 4.72 Å². The Hall–Kier alpha value is -2.35. The molecule has 0 bridgehead atoms. The molecule has 0 atom stereocenters. The van der Waals surface area contributed by atoms with Gasteiger partial charge in [0.1, 0.15) is 4.90 Å². The summed E-state index contributed by atoms with van der Waals surface area (Å²) in [5, 5.41) is 4.21. The summed E-state index contributed by atoms with van der Waals surface area (Å²) in [5.41, 5.74) is 2.19. The van der Waals surface area contributed by atoms with Gasteiger partial charge < -0.3 is 4.57 Å². The lowest BCUT2D eigenvalue weighted by atomic mass is 10.3. The Bertz CT molecular complexity index is 985. The van der Waals surface area contributed by atoms with Crippen LogP contribution in [0.25, 0.3) is 11.0 Å². The number of nitrogens with one attached hydrogen (secondary N) is 1. The monoisotopic (exact) mass is 347 g/mol. The van der Waals surface area contributed by atoms with Crippen molar-refractivity contribution >= 4 is 27.0 Å². The fourth-order valence-electron chi connectivity index (χ4n) is 2.80. The number of anilines is 1. The van der Waals surface area contributed by atoms with E-state index in [1.807, 2.05) is 49.6 Å². The molecule has 0 aliphatic rings. The average molecular weight is 347 g/mol. The molecule has 0 saturated carbocycles. The standard InChI is InChI=1S/C16H21N5O2S/c1-5-12-15(10-20(4)18-12)24(22,23)19-16-17-13-8-6-7-9-14(13)21(16)11(2)3/h6-11H,5H2,1-4H3,(H,17,19). The number of benzene rings is 1. The van der Waals surface area contributed by atoms with Crippen LogP contribution in [0, 0.1) is 0 Å². The summed E-state index contributed by atoms with van der Waals surface area (Å²) < 4.78 is 31.7. The van der Waals surface area contributed by atoms with Crippen LogP contribution in [0.3, 0.4) is 0 Å². The van der Waals surface area contributed by atoms with Gasteiger partial charge >= 0.3 is 0 Å². The highest BCUT2D eigenvalue weighted by molar-refractivity contribution is 7.92. The fraction of sp³-hybridized carbons (Fsp3) is 0.375. The Balaban J connectivity index is 2.10. The maximum absolute atomic E-state index is 12.8. The van der Waals surface area contributed by atoms with Crippen LogP contribution in [0.15, 0.2) is 35.4 Å². The Labute approximate surface area is 141 Å². The molecule has 3 aromatic rings. The van der Waals surface area contributed by atoms with Gasteiger partial charge in [0.05, 0.1) is 16.7 Å². The van der Waals surface area contributed by atoms with Gasteiger partial charge in [0.25, 0.3) is 10.0 Å². The summed E-state index contributed by atoms with van der Waals surface area (Å²) in [6.45, 7) is 5.87. The van der Waals surface area contributed by atoms with Gasteiger partial charge in [-0.05, 0) is 32.4 Å². The first-order chi connectivity index (χ1) is 11.3. The first-order valence-corrected chi connectivity index (χ1v) is 9.34. The highest BCUT2D eigenvalue weighted by Gasteiger charge is 2.24. The Morgan fingerprint density at radius 2 is 1.96 bits per heavy atom. The summed E-state index contributed by atoms with van der Waals surface area (Å²) in [7, 11) is -2.05. The number of hydrogen-bond acceptors (Lipinski definition) is 4. The van der Waals surface area contributed by atoms with Gasteiger partial charge in [0, 0.05) is 19.3 Å². The summed E-state index contributed by atoms with van der Waals surface area (Å²) in [6.07, 6.45) is 2.06. The van der Waals surface area contributed by atoms with Gasteiger partial charge in [-0.15, -0.1) is 0 Å². The van der Waals surface area contributed by atoms with E-state index in [4.69, 9.17) is 0 Å². The first-order valence-electron chi connectivity index (χ1n) is 7.85. The molecule has 2 heterocycles. The number of sulfonamides is 1. The molecule has 1 aromatic carbocycles. The van der Waals surface area contributed by atoms with Crippen LogP contribution in [-0.4, -0.2) is 27.7 Å². The maximum atomic E-state index is 12.8. The molecule has 0 aliphatic carbocycles. The minimum Gasteiger partial charge on any atom is -0.307 e. The van der Waals surface area contributed by atoms with Crippen LogP contribution in [0.4, 0.5) is 5.95 Å². The van der Waals surface area contributed by atoms with Gasteiger partial charge in [0.15, 0.2) is 0 Å². The zero-order chi connectivity index (χ0) is 17.5. The Morgan fingerprint density at radius 3 is 2.62 bits per heavy atom. The third-order valence-corrected chi connectivity index (χ3v) is 5.20. The number of para-hydroxylation sites is 2. The van der Waals surface area contributed by atoms with Crippen molar-refractivity contribution in [2.45, 2.75) is 38.1 Å². The van der Waals surface area contributed by atoms with E-state index in [0.717, 1.165) is 11.0 Å². The second-order valence-corrected chi connectivity index (χ2v) is 7.61. The smallest absolute Gasteiger partial charge is 0.267 e. The zero-order valence-electron chi connectivity index (χ0n) is 14.2. The number of aryl methyl sites for hydroxylation is 2. The molecule has 0 spiro atoms. The van der Waals surface area contributed by atoms with E-state index in [1.54, 1.807) is 7.05 Å². The van der Waals surface area contributed by atoms with Crippen LogP contribution in [0.2, 0.25) is 0 Å². The molecule has 1 N–H and O–H groups in total. The molecule has 24 heavy (non-hydrogen) atoms. The largest absolute Gasteiger partial charge is 0.307 e. The molecule has 0 radical (unpaired) electrons. The van der Waals surface area contributed by atoms with Gasteiger partial charge in [-0.3, -0.25) is 4.68 Å². The number of hydrogen-bond donors (Lipinski definition) is 1. The molecule has 0 aliphatic heterocycles. The molecule has 128 valence electrons. The summed E-state index contributed by atoms with van der Waals surface area (Å²) in [6, 6.07) is 7.66. The van der Waals surface area contributed by atoms with Crippen LogP contribution in [0.1, 0.15) is 32.5 Å². The molecule has 8 heteroatoms. The summed E-state index contributed by atoms with van der Waals surface area (Å²) in [4.78, 5) is 4.64. The summed E-state index contributed by atoms with van der Waals surface area (Å²) >= 11 is 0. The number of imidazole rings is 1. The van der Waals surface area contributed by atoms with Crippen LogP contribution >= 0.6 is 0 Å². The van der Waals surface area contributed by atoms with Crippen molar-refractivity contribution in [2.75, 3.05) is 4.72 Å². The predicted molar refractivity (Wildman–Crippen MR) is 93.5 cm³/mol. The van der Waals surface area contributed by atoms with E-state index >= 15 is 0 Å². The molecular formula is C16H21N5O2S. The number of fused-ring (bicyclic) bond motifs is 1. The summed E-state index contributed by atoms with van der Waals surface area (Å²) in [5.74, 6) is 0.317. The maximum Gasteiger partial charge on any atom is 0.267 e. The highest BCUT2D eigenvalue weighted by atomic mass is 32.2. The predicted octanol–water partition coefficient (Wildman–Crippen LogP) is 2.71. The lowest BCUT2D eigenvalue weighted by Crippen LogP contribution is -2.18. The third-order valence-electron chi connectivity index (χ3n) is 3.83. The van der Waals surface area contributed by atoms with E-state index in [-0.39, 0.29) is 10.9 Å². The number of rotatable bonds is 5. The minimum absolute atomic E-state index is 0.0645. The van der Waals surface area contributed by atoms with Gasteiger partial charge in [-0.2, -0.15) is 5.10 Å². The van der Waals surface area contributed by atoms with Crippen molar-refractivity contribution in [2.24, 2.45) is 7.05 Å². The van der Waals surface area contributed by atoms with E-state index in [9.17, 15) is 8.42 Å². The van der Waals surface area contributed by atoms with Crippen molar-refractivity contribution in [1.29, 1.82) is 0 Å². The van der Waals surface area contributed by atoms with E-state index < -0.39 is 10.0 Å². The van der Waals surface area contributed by atoms with Crippen LogP contribution in [0.5, 0.6) is 0 Å². The number of nitrogens with zero attached hydrogens (tertiary/aromatic N) is 4. The van der Waals surface area contributed by atoms with Crippen LogP contribution in [-0.2, 0) is 23.5 Å². The minimum atomic E-state index is -3.76. The molecular weight excluding hydrogens is 326 g/mol. The first kappa shape index (κ1) is 16.5. The molecule has 0 saturated heterocycles. The lowest BCUT2D eigenvalue weighted by Gasteiger charge is -2.14. The van der Waals surface area contributed by atoms with Crippen molar-refractivity contribution in [3.8, 4) is 0 Å². The zero-order valence-corrected chi connectivity index (χ0v) is 15.0. The van der Waals surface area contributed by atoms with Gasteiger partial charge in [0.2, 0.25) is 5.95 Å². The van der Waals surface area contributed by atoms with Gasteiger partial charge in [-0.25, -0.2) is 18.1 Å². The molecule has 0 unspecified atom stereocenters. The van der Waals surface area contributed by atoms with E-state index in [0.29, 0.717) is 18.1 Å². The van der Waals surface area contributed by atoms with Crippen molar-refractivity contribution in [3.05, 3.63) is 36.2 Å². The van der Waals surface area contributed by atoms with Gasteiger partial charge in [-0.1, -0.05) is 19.1 Å². The molecule has 2 aromatic heterocycles. The fourth-order valence-corrected chi connectivity index (χ4v) is 4.08. The quantitative estimate of drug-likeness (QED) is 0.769. The Morgan fingerprint density at radius 1 is 1.25 bits per heavy atom. The van der Waals surface area contributed by atoms with Crippen molar-refractivity contribution in [1.82, 2.24) is 19.3 Å². The lowest BCUT2D eigenvalue weighted by molar-refractivity contribution is 0.595. The van der Waals surface area contributed by atoms with E-state index in [1.165, 1.54) is 10.9 Å². The topological polar surface area (TPSA) is 81.8 Å². The number of aromatic nitrogens is 4. The molecule has 0 amide bonds. The average Bonchev–Trinajstić information content (AvgIpc) is 3.06. The molecule has 7 nitrogen and oxygen atoms in total. The van der Waals surface area contributed by atoms with Crippen molar-refractivity contribution < 1.29 is 8.42 Å². The Kier molecular flexibility index (Phi) is 4.08. The second-order valence-electron chi connectivity index (χ2n) is 5.96.